The average molecular weight is 199 g/mol. The number of alkyl halides is 3. The van der Waals surface area contributed by atoms with Crippen LogP contribution >= 0.6 is 0 Å². The quantitative estimate of drug-likeness (QED) is 0.546. The lowest BCUT2D eigenvalue weighted by molar-refractivity contribution is -0.237. The first kappa shape index (κ1) is 12.2. The van der Waals surface area contributed by atoms with Crippen LogP contribution in [-0.4, -0.2) is 12.3 Å². The molecule has 0 aliphatic rings. The minimum Gasteiger partial charge on any atom is -0.363 e. The molecule has 0 saturated heterocycles. The Bertz CT molecular complexity index is 183. The summed E-state index contributed by atoms with van der Waals surface area (Å²) in [6.07, 6.45) is -4.76. The smallest absolute Gasteiger partial charge is 0.363 e. The molecule has 0 spiro atoms. The molecular formula is C7H12F3NO2. The highest BCUT2D eigenvalue weighted by Crippen LogP contribution is 2.19. The zero-order valence-corrected chi connectivity index (χ0v) is 7.66. The number of halogens is 3. The standard InChI is InChI=1S/C7H12F3NO2/c1-6(2,3)4-5(12)13-11-7(8,9)10/h11H,4H2,1-3H3. The van der Waals surface area contributed by atoms with Gasteiger partial charge >= 0.3 is 12.3 Å². The Labute approximate surface area is 74.2 Å². The number of nitrogens with one attached hydrogen (secondary N) is 1. The van der Waals surface area contributed by atoms with Gasteiger partial charge in [-0.3, -0.25) is 4.79 Å². The van der Waals surface area contributed by atoms with Gasteiger partial charge in [0.15, 0.2) is 0 Å². The number of carbonyl (C=O) groups is 1. The predicted octanol–water partition coefficient (Wildman–Crippen LogP) is 1.99. The maximum Gasteiger partial charge on any atom is 0.489 e. The van der Waals surface area contributed by atoms with E-state index in [0.29, 0.717) is 5.48 Å². The molecule has 0 saturated carbocycles. The van der Waals surface area contributed by atoms with Crippen molar-refractivity contribution in [3.05, 3.63) is 0 Å². The molecular weight excluding hydrogens is 187 g/mol. The van der Waals surface area contributed by atoms with Crippen molar-refractivity contribution in [2.75, 3.05) is 0 Å². The molecule has 0 aliphatic carbocycles. The molecule has 1 N–H and O–H groups in total. The van der Waals surface area contributed by atoms with E-state index in [1.54, 1.807) is 20.8 Å². The molecule has 0 aliphatic heterocycles. The number of hydrogen-bond donors (Lipinski definition) is 1. The first-order chi connectivity index (χ1) is 5.60. The molecule has 0 heterocycles. The van der Waals surface area contributed by atoms with Crippen molar-refractivity contribution in [3.8, 4) is 0 Å². The maximum atomic E-state index is 11.5. The van der Waals surface area contributed by atoms with Crippen molar-refractivity contribution in [1.29, 1.82) is 0 Å². The second kappa shape index (κ2) is 3.95. The van der Waals surface area contributed by atoms with Gasteiger partial charge in [0, 0.05) is 0 Å². The number of hydrogen-bond acceptors (Lipinski definition) is 3. The summed E-state index contributed by atoms with van der Waals surface area (Å²) in [5.41, 5.74) is 0.310. The van der Waals surface area contributed by atoms with Gasteiger partial charge in [0.2, 0.25) is 0 Å². The lowest BCUT2D eigenvalue weighted by atomic mass is 9.93. The SMILES string of the molecule is CC(C)(C)CC(=O)ONC(F)(F)F. The Kier molecular flexibility index (Phi) is 3.71. The zero-order valence-electron chi connectivity index (χ0n) is 7.66. The van der Waals surface area contributed by atoms with Crippen LogP contribution in [0.1, 0.15) is 27.2 Å². The molecule has 0 atom stereocenters. The Hall–Kier alpha value is -0.780. The van der Waals surface area contributed by atoms with Crippen molar-refractivity contribution in [3.63, 3.8) is 0 Å². The molecule has 0 bridgehead atoms. The highest BCUT2D eigenvalue weighted by atomic mass is 19.4. The fourth-order valence-electron chi connectivity index (χ4n) is 0.584. The van der Waals surface area contributed by atoms with Crippen molar-refractivity contribution < 1.29 is 22.8 Å². The van der Waals surface area contributed by atoms with Gasteiger partial charge in [-0.2, -0.15) is 13.2 Å². The van der Waals surface area contributed by atoms with Crippen LogP contribution in [0.4, 0.5) is 13.2 Å². The van der Waals surface area contributed by atoms with Gasteiger partial charge in [-0.1, -0.05) is 26.3 Å². The summed E-state index contributed by atoms with van der Waals surface area (Å²) in [7, 11) is 0. The van der Waals surface area contributed by atoms with Gasteiger partial charge in [0.05, 0.1) is 6.42 Å². The van der Waals surface area contributed by atoms with E-state index in [1.165, 1.54) is 0 Å². The van der Waals surface area contributed by atoms with Crippen LogP contribution in [0.5, 0.6) is 0 Å². The summed E-state index contributed by atoms with van der Waals surface area (Å²) >= 11 is 0. The van der Waals surface area contributed by atoms with E-state index in [-0.39, 0.29) is 11.8 Å². The number of rotatable bonds is 2. The Morgan fingerprint density at radius 2 is 1.77 bits per heavy atom. The van der Waals surface area contributed by atoms with E-state index in [2.05, 4.69) is 4.84 Å². The summed E-state index contributed by atoms with van der Waals surface area (Å²) in [6.45, 7) is 5.17. The van der Waals surface area contributed by atoms with Crippen molar-refractivity contribution in [1.82, 2.24) is 5.48 Å². The van der Waals surface area contributed by atoms with E-state index >= 15 is 0 Å². The van der Waals surface area contributed by atoms with E-state index in [9.17, 15) is 18.0 Å². The first-order valence-electron chi connectivity index (χ1n) is 3.64. The summed E-state index contributed by atoms with van der Waals surface area (Å²) in [6, 6.07) is 0. The normalized spacial score (nSPS) is 12.8. The van der Waals surface area contributed by atoms with Crippen LogP contribution in [0.25, 0.3) is 0 Å². The molecule has 0 unspecified atom stereocenters. The minimum atomic E-state index is -4.69. The van der Waals surface area contributed by atoms with Gasteiger partial charge in [-0.25, -0.2) is 0 Å². The van der Waals surface area contributed by atoms with E-state index in [0.717, 1.165) is 0 Å². The molecule has 0 rings (SSSR count). The molecule has 0 radical (unpaired) electrons. The van der Waals surface area contributed by atoms with Crippen LogP contribution < -0.4 is 5.48 Å². The third-order valence-electron chi connectivity index (χ3n) is 0.955. The fourth-order valence-corrected chi connectivity index (χ4v) is 0.584. The van der Waals surface area contributed by atoms with Gasteiger partial charge < -0.3 is 4.84 Å². The average Bonchev–Trinajstić information content (AvgIpc) is 1.78. The highest BCUT2D eigenvalue weighted by Gasteiger charge is 2.30. The van der Waals surface area contributed by atoms with Gasteiger partial charge in [0.25, 0.3) is 0 Å². The van der Waals surface area contributed by atoms with E-state index in [1.807, 2.05) is 0 Å². The van der Waals surface area contributed by atoms with Crippen molar-refractivity contribution in [2.24, 2.45) is 5.41 Å². The number of carbonyl (C=O) groups excluding carboxylic acids is 1. The topological polar surface area (TPSA) is 38.3 Å². The second-order valence-corrected chi connectivity index (χ2v) is 3.81. The molecule has 0 fully saturated rings. The first-order valence-corrected chi connectivity index (χ1v) is 3.64. The maximum absolute atomic E-state index is 11.5. The molecule has 0 aromatic carbocycles. The summed E-state index contributed by atoms with van der Waals surface area (Å²) in [5, 5.41) is 0. The molecule has 6 heteroatoms. The van der Waals surface area contributed by atoms with Crippen LogP contribution in [0.2, 0.25) is 0 Å². The van der Waals surface area contributed by atoms with Crippen LogP contribution in [0, 0.1) is 5.41 Å². The predicted molar refractivity (Wildman–Crippen MR) is 39.4 cm³/mol. The molecule has 0 aromatic heterocycles. The number of hydroxylamine groups is 1. The lowest BCUT2D eigenvalue weighted by Crippen LogP contribution is -2.34. The molecule has 78 valence electrons. The minimum absolute atomic E-state index is 0.0733. The third kappa shape index (κ3) is 9.13. The van der Waals surface area contributed by atoms with Crippen LogP contribution in [0.15, 0.2) is 0 Å². The molecule has 0 amide bonds. The van der Waals surface area contributed by atoms with E-state index < -0.39 is 12.3 Å². The molecule has 3 nitrogen and oxygen atoms in total. The monoisotopic (exact) mass is 199 g/mol. The summed E-state index contributed by atoms with van der Waals surface area (Å²) in [4.78, 5) is 14.5. The summed E-state index contributed by atoms with van der Waals surface area (Å²) < 4.78 is 34.4. The van der Waals surface area contributed by atoms with Gasteiger partial charge in [0.1, 0.15) is 0 Å². The lowest BCUT2D eigenvalue weighted by Gasteiger charge is -2.16. The Morgan fingerprint density at radius 3 is 2.08 bits per heavy atom. The van der Waals surface area contributed by atoms with Crippen molar-refractivity contribution in [2.45, 2.75) is 33.5 Å². The summed E-state index contributed by atoms with van der Waals surface area (Å²) in [5.74, 6) is -0.926. The zero-order chi connectivity index (χ0) is 10.7. The van der Waals surface area contributed by atoms with Crippen LogP contribution in [-0.2, 0) is 9.63 Å². The highest BCUT2D eigenvalue weighted by molar-refractivity contribution is 5.69. The Balaban J connectivity index is 3.78. The fraction of sp³-hybridized carbons (Fsp3) is 0.857. The largest absolute Gasteiger partial charge is 0.489 e. The molecule has 0 aromatic rings. The molecule has 13 heavy (non-hydrogen) atoms. The van der Waals surface area contributed by atoms with Crippen LogP contribution in [0.3, 0.4) is 0 Å². The second-order valence-electron chi connectivity index (χ2n) is 3.81. The van der Waals surface area contributed by atoms with Crippen molar-refractivity contribution >= 4 is 5.97 Å². The van der Waals surface area contributed by atoms with Gasteiger partial charge in [-0.05, 0) is 5.41 Å². The third-order valence-corrected chi connectivity index (χ3v) is 0.955. The van der Waals surface area contributed by atoms with Gasteiger partial charge in [-0.15, -0.1) is 0 Å². The van der Waals surface area contributed by atoms with E-state index in [4.69, 9.17) is 0 Å². The Morgan fingerprint density at radius 1 is 1.31 bits per heavy atom.